The summed E-state index contributed by atoms with van der Waals surface area (Å²) in [5, 5.41) is 2.49. The number of halogens is 2. The SMILES string of the molecule is CNCC(F)(F)c1cc(C)c(C)cc1OC. The van der Waals surface area contributed by atoms with Gasteiger partial charge in [0.1, 0.15) is 5.75 Å². The van der Waals surface area contributed by atoms with Crippen LogP contribution in [-0.2, 0) is 5.92 Å². The van der Waals surface area contributed by atoms with Crippen LogP contribution < -0.4 is 10.1 Å². The van der Waals surface area contributed by atoms with E-state index in [2.05, 4.69) is 5.32 Å². The largest absolute Gasteiger partial charge is 0.496 e. The van der Waals surface area contributed by atoms with Crippen LogP contribution in [0.25, 0.3) is 0 Å². The van der Waals surface area contributed by atoms with Gasteiger partial charge in [0.05, 0.1) is 19.2 Å². The molecule has 0 aliphatic carbocycles. The first kappa shape index (κ1) is 12.9. The first-order valence-electron chi connectivity index (χ1n) is 5.10. The van der Waals surface area contributed by atoms with Crippen LogP contribution in [0.1, 0.15) is 16.7 Å². The maximum absolute atomic E-state index is 13.8. The van der Waals surface area contributed by atoms with E-state index in [9.17, 15) is 8.78 Å². The van der Waals surface area contributed by atoms with Crippen molar-refractivity contribution >= 4 is 0 Å². The second-order valence-electron chi connectivity index (χ2n) is 3.87. The van der Waals surface area contributed by atoms with Crippen molar-refractivity contribution in [3.8, 4) is 5.75 Å². The van der Waals surface area contributed by atoms with Crippen LogP contribution in [0.4, 0.5) is 8.78 Å². The minimum Gasteiger partial charge on any atom is -0.496 e. The molecule has 4 heteroatoms. The van der Waals surface area contributed by atoms with Crippen LogP contribution in [0.2, 0.25) is 0 Å². The van der Waals surface area contributed by atoms with E-state index < -0.39 is 12.5 Å². The maximum atomic E-state index is 13.8. The summed E-state index contributed by atoms with van der Waals surface area (Å²) in [4.78, 5) is 0. The van der Waals surface area contributed by atoms with E-state index in [0.717, 1.165) is 11.1 Å². The van der Waals surface area contributed by atoms with Gasteiger partial charge in [-0.05, 0) is 44.2 Å². The van der Waals surface area contributed by atoms with Gasteiger partial charge in [-0.2, -0.15) is 8.78 Å². The Hall–Kier alpha value is -1.16. The monoisotopic (exact) mass is 229 g/mol. The normalized spacial score (nSPS) is 11.6. The third kappa shape index (κ3) is 2.50. The second kappa shape index (κ2) is 4.78. The van der Waals surface area contributed by atoms with Crippen molar-refractivity contribution in [1.29, 1.82) is 0 Å². The smallest absolute Gasteiger partial charge is 0.288 e. The fourth-order valence-electron chi connectivity index (χ4n) is 1.56. The first-order valence-corrected chi connectivity index (χ1v) is 5.10. The summed E-state index contributed by atoms with van der Waals surface area (Å²) in [6.45, 7) is 3.29. The number of benzene rings is 1. The summed E-state index contributed by atoms with van der Waals surface area (Å²) in [5.74, 6) is -2.68. The zero-order valence-electron chi connectivity index (χ0n) is 10.0. The van der Waals surface area contributed by atoms with Crippen LogP contribution in [0, 0.1) is 13.8 Å². The third-order valence-corrected chi connectivity index (χ3v) is 2.61. The van der Waals surface area contributed by atoms with Crippen molar-refractivity contribution in [2.24, 2.45) is 0 Å². The number of methoxy groups -OCH3 is 1. The molecule has 2 nitrogen and oxygen atoms in total. The number of aryl methyl sites for hydroxylation is 2. The summed E-state index contributed by atoms with van der Waals surface area (Å²) in [6, 6.07) is 3.14. The molecule has 90 valence electrons. The van der Waals surface area contributed by atoms with E-state index in [-0.39, 0.29) is 11.3 Å². The highest BCUT2D eigenvalue weighted by molar-refractivity contribution is 5.44. The molecule has 0 atom stereocenters. The molecule has 1 aromatic rings. The number of ether oxygens (including phenoxy) is 1. The molecule has 0 bridgehead atoms. The summed E-state index contributed by atoms with van der Waals surface area (Å²) in [7, 11) is 2.91. The molecule has 0 saturated heterocycles. The molecule has 0 spiro atoms. The lowest BCUT2D eigenvalue weighted by molar-refractivity contribution is -0.00347. The summed E-state index contributed by atoms with van der Waals surface area (Å²) in [5.41, 5.74) is 1.72. The quantitative estimate of drug-likeness (QED) is 0.857. The molecule has 0 fully saturated rings. The van der Waals surface area contributed by atoms with Crippen LogP contribution >= 0.6 is 0 Å². The predicted molar refractivity (Wildman–Crippen MR) is 60.3 cm³/mol. The molecular formula is C12H17F2NO. The number of hydrogen-bond acceptors (Lipinski definition) is 2. The Morgan fingerprint density at radius 2 is 1.81 bits per heavy atom. The van der Waals surface area contributed by atoms with Gasteiger partial charge in [0, 0.05) is 0 Å². The molecule has 0 saturated carbocycles. The van der Waals surface area contributed by atoms with E-state index >= 15 is 0 Å². The molecule has 1 aromatic carbocycles. The highest BCUT2D eigenvalue weighted by Crippen LogP contribution is 2.36. The minimum absolute atomic E-state index is 0.0625. The van der Waals surface area contributed by atoms with Crippen molar-refractivity contribution in [3.05, 3.63) is 28.8 Å². The molecule has 0 heterocycles. The zero-order valence-corrected chi connectivity index (χ0v) is 10.0. The van der Waals surface area contributed by atoms with Gasteiger partial charge < -0.3 is 10.1 Å². The molecule has 0 amide bonds. The Morgan fingerprint density at radius 1 is 1.25 bits per heavy atom. The second-order valence-corrected chi connectivity index (χ2v) is 3.87. The summed E-state index contributed by atoms with van der Waals surface area (Å²) < 4.78 is 32.6. The van der Waals surface area contributed by atoms with Gasteiger partial charge in [-0.15, -0.1) is 0 Å². The van der Waals surface area contributed by atoms with Gasteiger partial charge in [-0.1, -0.05) is 0 Å². The van der Waals surface area contributed by atoms with Crippen molar-refractivity contribution in [3.63, 3.8) is 0 Å². The van der Waals surface area contributed by atoms with Crippen molar-refractivity contribution < 1.29 is 13.5 Å². The molecule has 0 radical (unpaired) electrons. The average molecular weight is 229 g/mol. The maximum Gasteiger partial charge on any atom is 0.288 e. The topological polar surface area (TPSA) is 21.3 Å². The van der Waals surface area contributed by atoms with Gasteiger partial charge in [-0.3, -0.25) is 0 Å². The van der Waals surface area contributed by atoms with E-state index in [1.807, 2.05) is 13.8 Å². The Labute approximate surface area is 94.6 Å². The van der Waals surface area contributed by atoms with E-state index in [0.29, 0.717) is 0 Å². The van der Waals surface area contributed by atoms with Crippen LogP contribution in [0.15, 0.2) is 12.1 Å². The van der Waals surface area contributed by atoms with Gasteiger partial charge in [-0.25, -0.2) is 0 Å². The number of rotatable bonds is 4. The average Bonchev–Trinajstić information content (AvgIpc) is 2.21. The lowest BCUT2D eigenvalue weighted by atomic mass is 10.0. The van der Waals surface area contributed by atoms with Gasteiger partial charge in [0.25, 0.3) is 5.92 Å². The van der Waals surface area contributed by atoms with E-state index in [4.69, 9.17) is 4.74 Å². The van der Waals surface area contributed by atoms with Crippen molar-refractivity contribution in [2.45, 2.75) is 19.8 Å². The highest BCUT2D eigenvalue weighted by atomic mass is 19.3. The Kier molecular flexibility index (Phi) is 3.86. The fourth-order valence-corrected chi connectivity index (χ4v) is 1.56. The summed E-state index contributed by atoms with van der Waals surface area (Å²) in [6.07, 6.45) is 0. The number of likely N-dealkylation sites (N-methyl/N-ethyl adjacent to an activating group) is 1. The first-order chi connectivity index (χ1) is 7.42. The molecule has 1 rings (SSSR count). The molecule has 0 aliphatic heterocycles. The number of alkyl halides is 2. The molecule has 16 heavy (non-hydrogen) atoms. The predicted octanol–water partition coefficient (Wildman–Crippen LogP) is 2.62. The molecule has 0 unspecified atom stereocenters. The fraction of sp³-hybridized carbons (Fsp3) is 0.500. The molecule has 0 aromatic heterocycles. The zero-order chi connectivity index (χ0) is 12.3. The van der Waals surface area contributed by atoms with Gasteiger partial charge in [0.2, 0.25) is 0 Å². The molecule has 0 aliphatic rings. The Bertz CT molecular complexity index is 378. The Balaban J connectivity index is 3.26. The Morgan fingerprint density at radius 3 is 2.31 bits per heavy atom. The van der Waals surface area contributed by atoms with Gasteiger partial charge in [0.15, 0.2) is 0 Å². The third-order valence-electron chi connectivity index (χ3n) is 2.61. The van der Waals surface area contributed by atoms with Crippen LogP contribution in [-0.4, -0.2) is 20.7 Å². The number of nitrogens with one attached hydrogen (secondary N) is 1. The van der Waals surface area contributed by atoms with Crippen LogP contribution in [0.3, 0.4) is 0 Å². The van der Waals surface area contributed by atoms with Crippen molar-refractivity contribution in [1.82, 2.24) is 5.32 Å². The molecule has 1 N–H and O–H groups in total. The minimum atomic E-state index is -2.92. The molecular weight excluding hydrogens is 212 g/mol. The van der Waals surface area contributed by atoms with Gasteiger partial charge >= 0.3 is 0 Å². The van der Waals surface area contributed by atoms with Crippen molar-refractivity contribution in [2.75, 3.05) is 20.7 Å². The lowest BCUT2D eigenvalue weighted by Gasteiger charge is -2.20. The lowest BCUT2D eigenvalue weighted by Crippen LogP contribution is -2.28. The standard InChI is InChI=1S/C12H17F2NO/c1-8-5-10(12(13,14)7-15-3)11(16-4)6-9(8)2/h5-6,15H,7H2,1-4H3. The van der Waals surface area contributed by atoms with E-state index in [1.54, 1.807) is 6.07 Å². The van der Waals surface area contributed by atoms with Crippen LogP contribution in [0.5, 0.6) is 5.75 Å². The highest BCUT2D eigenvalue weighted by Gasteiger charge is 2.34. The summed E-state index contributed by atoms with van der Waals surface area (Å²) >= 11 is 0. The van der Waals surface area contributed by atoms with E-state index in [1.165, 1.54) is 20.2 Å². The number of hydrogen-bond donors (Lipinski definition) is 1.